The number of carbonyl (C=O) groups excluding carboxylic acids is 1. The summed E-state index contributed by atoms with van der Waals surface area (Å²) in [6, 6.07) is 7.26. The predicted molar refractivity (Wildman–Crippen MR) is 61.7 cm³/mol. The van der Waals surface area contributed by atoms with Crippen molar-refractivity contribution in [3.05, 3.63) is 42.2 Å². The van der Waals surface area contributed by atoms with Gasteiger partial charge in [-0.1, -0.05) is 12.1 Å². The van der Waals surface area contributed by atoms with Crippen LogP contribution in [-0.2, 0) is 0 Å². The first-order valence-electron chi connectivity index (χ1n) is 4.89. The molecule has 0 aliphatic heterocycles. The molecule has 1 heterocycles. The lowest BCUT2D eigenvalue weighted by Gasteiger charge is -2.08. The Balaban J connectivity index is 2.30. The molecule has 0 fully saturated rings. The van der Waals surface area contributed by atoms with Crippen LogP contribution in [0.4, 0.5) is 11.6 Å². The van der Waals surface area contributed by atoms with E-state index in [2.05, 4.69) is 20.6 Å². The fraction of sp³-hybridized carbons (Fsp3) is 0.0909. The molecular formula is C11H12N4O. The molecule has 1 aromatic heterocycles. The fourth-order valence-corrected chi connectivity index (χ4v) is 1.39. The molecule has 5 heteroatoms. The SMILES string of the molecule is CNC(=O)c1ccccc1Nc1ncc[nH]1. The summed E-state index contributed by atoms with van der Waals surface area (Å²) in [6.07, 6.45) is 3.36. The minimum absolute atomic E-state index is 0.130. The smallest absolute Gasteiger partial charge is 0.253 e. The number of amides is 1. The van der Waals surface area contributed by atoms with Gasteiger partial charge in [0.2, 0.25) is 5.95 Å². The van der Waals surface area contributed by atoms with Crippen molar-refractivity contribution in [2.75, 3.05) is 12.4 Å². The molecule has 0 atom stereocenters. The van der Waals surface area contributed by atoms with Gasteiger partial charge in [0, 0.05) is 19.4 Å². The fourth-order valence-electron chi connectivity index (χ4n) is 1.39. The largest absolute Gasteiger partial charge is 0.355 e. The number of aromatic amines is 1. The second-order valence-electron chi connectivity index (χ2n) is 3.19. The average Bonchev–Trinajstić information content (AvgIpc) is 2.82. The minimum atomic E-state index is -0.130. The number of imidazole rings is 1. The van der Waals surface area contributed by atoms with E-state index in [1.165, 1.54) is 0 Å². The number of anilines is 2. The van der Waals surface area contributed by atoms with Gasteiger partial charge in [-0.15, -0.1) is 0 Å². The molecule has 0 aliphatic carbocycles. The van der Waals surface area contributed by atoms with E-state index >= 15 is 0 Å². The molecule has 16 heavy (non-hydrogen) atoms. The standard InChI is InChI=1S/C11H12N4O/c1-12-10(16)8-4-2-3-5-9(8)15-11-13-6-7-14-11/h2-7H,1H3,(H,12,16)(H2,13,14,15). The molecule has 5 nitrogen and oxygen atoms in total. The van der Waals surface area contributed by atoms with Crippen LogP contribution in [0.5, 0.6) is 0 Å². The van der Waals surface area contributed by atoms with Crippen LogP contribution in [0.1, 0.15) is 10.4 Å². The summed E-state index contributed by atoms with van der Waals surface area (Å²) in [5, 5.41) is 5.63. The number of hydrogen-bond acceptors (Lipinski definition) is 3. The van der Waals surface area contributed by atoms with Crippen molar-refractivity contribution in [2.45, 2.75) is 0 Å². The molecule has 0 spiro atoms. The van der Waals surface area contributed by atoms with Gasteiger partial charge in [0.25, 0.3) is 5.91 Å². The Bertz CT molecular complexity index is 478. The summed E-state index contributed by atoms with van der Waals surface area (Å²) in [5.74, 6) is 0.478. The van der Waals surface area contributed by atoms with Gasteiger partial charge in [0.15, 0.2) is 0 Å². The first-order chi connectivity index (χ1) is 7.81. The van der Waals surface area contributed by atoms with E-state index < -0.39 is 0 Å². The maximum Gasteiger partial charge on any atom is 0.253 e. The van der Waals surface area contributed by atoms with E-state index in [4.69, 9.17) is 0 Å². The van der Waals surface area contributed by atoms with Crippen molar-refractivity contribution in [3.8, 4) is 0 Å². The van der Waals surface area contributed by atoms with Crippen LogP contribution in [0.2, 0.25) is 0 Å². The van der Waals surface area contributed by atoms with E-state index in [1.807, 2.05) is 18.2 Å². The number of carbonyl (C=O) groups is 1. The molecule has 0 saturated heterocycles. The summed E-state index contributed by atoms with van der Waals surface area (Å²) >= 11 is 0. The quantitative estimate of drug-likeness (QED) is 0.728. The van der Waals surface area contributed by atoms with E-state index in [0.29, 0.717) is 11.5 Å². The highest BCUT2D eigenvalue weighted by Crippen LogP contribution is 2.17. The monoisotopic (exact) mass is 216 g/mol. The normalized spacial score (nSPS) is 9.81. The number of nitrogens with zero attached hydrogens (tertiary/aromatic N) is 1. The lowest BCUT2D eigenvalue weighted by molar-refractivity contribution is 0.0964. The Morgan fingerprint density at radius 2 is 2.19 bits per heavy atom. The Morgan fingerprint density at radius 1 is 1.38 bits per heavy atom. The number of benzene rings is 1. The number of nitrogens with one attached hydrogen (secondary N) is 3. The third-order valence-electron chi connectivity index (χ3n) is 2.15. The van der Waals surface area contributed by atoms with Crippen LogP contribution in [-0.4, -0.2) is 22.9 Å². The molecule has 0 unspecified atom stereocenters. The molecule has 82 valence electrons. The lowest BCUT2D eigenvalue weighted by atomic mass is 10.1. The Labute approximate surface area is 92.9 Å². The summed E-state index contributed by atoms with van der Waals surface area (Å²) < 4.78 is 0. The van der Waals surface area contributed by atoms with Crippen LogP contribution in [0.3, 0.4) is 0 Å². The highest BCUT2D eigenvalue weighted by atomic mass is 16.1. The number of H-pyrrole nitrogens is 1. The van der Waals surface area contributed by atoms with E-state index in [0.717, 1.165) is 5.69 Å². The molecule has 2 rings (SSSR count). The van der Waals surface area contributed by atoms with Gasteiger partial charge in [-0.3, -0.25) is 4.79 Å². The van der Waals surface area contributed by atoms with Crippen molar-refractivity contribution in [1.82, 2.24) is 15.3 Å². The summed E-state index contributed by atoms with van der Waals surface area (Å²) in [6.45, 7) is 0. The zero-order valence-corrected chi connectivity index (χ0v) is 8.82. The molecule has 0 bridgehead atoms. The maximum atomic E-state index is 11.6. The van der Waals surface area contributed by atoms with Crippen molar-refractivity contribution < 1.29 is 4.79 Å². The summed E-state index contributed by atoms with van der Waals surface area (Å²) in [4.78, 5) is 18.5. The number of hydrogen-bond donors (Lipinski definition) is 3. The Morgan fingerprint density at radius 3 is 2.88 bits per heavy atom. The first-order valence-corrected chi connectivity index (χ1v) is 4.89. The third-order valence-corrected chi connectivity index (χ3v) is 2.15. The van der Waals surface area contributed by atoms with Crippen LogP contribution < -0.4 is 10.6 Å². The predicted octanol–water partition coefficient (Wildman–Crippen LogP) is 1.51. The van der Waals surface area contributed by atoms with Crippen molar-refractivity contribution >= 4 is 17.5 Å². The zero-order valence-electron chi connectivity index (χ0n) is 8.82. The molecule has 0 saturated carbocycles. The Hall–Kier alpha value is -2.30. The van der Waals surface area contributed by atoms with Crippen LogP contribution >= 0.6 is 0 Å². The molecule has 3 N–H and O–H groups in total. The van der Waals surface area contributed by atoms with Crippen molar-refractivity contribution in [3.63, 3.8) is 0 Å². The van der Waals surface area contributed by atoms with Gasteiger partial charge in [-0.2, -0.15) is 0 Å². The Kier molecular flexibility index (Phi) is 2.86. The highest BCUT2D eigenvalue weighted by Gasteiger charge is 2.09. The van der Waals surface area contributed by atoms with Gasteiger partial charge in [0.05, 0.1) is 11.3 Å². The molecule has 0 aliphatic rings. The van der Waals surface area contributed by atoms with Gasteiger partial charge in [-0.25, -0.2) is 4.98 Å². The van der Waals surface area contributed by atoms with E-state index in [-0.39, 0.29) is 5.91 Å². The first kappa shape index (κ1) is 10.2. The van der Waals surface area contributed by atoms with Gasteiger partial charge in [0.1, 0.15) is 0 Å². The molecule has 1 amide bonds. The van der Waals surface area contributed by atoms with Gasteiger partial charge in [-0.05, 0) is 12.1 Å². The van der Waals surface area contributed by atoms with Crippen LogP contribution in [0, 0.1) is 0 Å². The number of para-hydroxylation sites is 1. The minimum Gasteiger partial charge on any atom is -0.355 e. The summed E-state index contributed by atoms with van der Waals surface area (Å²) in [5.41, 5.74) is 1.30. The highest BCUT2D eigenvalue weighted by molar-refractivity contribution is 5.99. The van der Waals surface area contributed by atoms with Crippen LogP contribution in [0.25, 0.3) is 0 Å². The molecule has 2 aromatic rings. The average molecular weight is 216 g/mol. The second-order valence-corrected chi connectivity index (χ2v) is 3.19. The van der Waals surface area contributed by atoms with Crippen LogP contribution in [0.15, 0.2) is 36.7 Å². The molecular weight excluding hydrogens is 204 g/mol. The van der Waals surface area contributed by atoms with Gasteiger partial charge < -0.3 is 15.6 Å². The number of rotatable bonds is 3. The van der Waals surface area contributed by atoms with Gasteiger partial charge >= 0.3 is 0 Å². The number of aromatic nitrogens is 2. The molecule has 0 radical (unpaired) electrons. The lowest BCUT2D eigenvalue weighted by Crippen LogP contribution is -2.19. The van der Waals surface area contributed by atoms with E-state index in [9.17, 15) is 4.79 Å². The topological polar surface area (TPSA) is 69.8 Å². The maximum absolute atomic E-state index is 11.6. The molecule has 1 aromatic carbocycles. The van der Waals surface area contributed by atoms with Crippen molar-refractivity contribution in [2.24, 2.45) is 0 Å². The second kappa shape index (κ2) is 4.48. The third kappa shape index (κ3) is 2.03. The van der Waals surface area contributed by atoms with Crippen molar-refractivity contribution in [1.29, 1.82) is 0 Å². The zero-order chi connectivity index (χ0) is 11.4. The van der Waals surface area contributed by atoms with E-state index in [1.54, 1.807) is 25.5 Å². The summed E-state index contributed by atoms with van der Waals surface area (Å²) in [7, 11) is 1.60.